The molecule has 0 nitrogen and oxygen atoms in total. The van der Waals surface area contributed by atoms with Crippen molar-refractivity contribution in [3.63, 3.8) is 0 Å². The molecule has 0 fully saturated rings. The first-order chi connectivity index (χ1) is 16.5. The maximum atomic E-state index is 14.8. The SMILES string of the molecule is C[C@H](Cc1ccc(/C(F)=C(\F)c2ccc(C=Cc3ccc(F)cc3)cc2)cc1)c1ccccc1. The van der Waals surface area contributed by atoms with E-state index in [0.717, 1.165) is 23.1 Å². The first-order valence-electron chi connectivity index (χ1n) is 11.2. The summed E-state index contributed by atoms with van der Waals surface area (Å²) >= 11 is 0. The lowest BCUT2D eigenvalue weighted by Gasteiger charge is -2.12. The van der Waals surface area contributed by atoms with Crippen molar-refractivity contribution in [1.29, 1.82) is 0 Å². The average molecular weight is 455 g/mol. The van der Waals surface area contributed by atoms with Gasteiger partial charge in [0, 0.05) is 11.1 Å². The van der Waals surface area contributed by atoms with E-state index in [1.165, 1.54) is 17.7 Å². The van der Waals surface area contributed by atoms with Crippen molar-refractivity contribution in [3.05, 3.63) is 142 Å². The molecule has 0 bridgehead atoms. The van der Waals surface area contributed by atoms with Gasteiger partial charge in [-0.1, -0.05) is 110 Å². The summed E-state index contributed by atoms with van der Waals surface area (Å²) in [4.78, 5) is 0. The molecule has 0 heterocycles. The number of rotatable bonds is 7. The fourth-order valence-corrected chi connectivity index (χ4v) is 3.80. The molecular formula is C31H25F3. The van der Waals surface area contributed by atoms with Crippen molar-refractivity contribution >= 4 is 23.8 Å². The molecule has 0 unspecified atom stereocenters. The van der Waals surface area contributed by atoms with E-state index < -0.39 is 11.7 Å². The molecule has 1 atom stereocenters. The van der Waals surface area contributed by atoms with E-state index in [4.69, 9.17) is 0 Å². The third-order valence-electron chi connectivity index (χ3n) is 5.81. The number of hydrogen-bond donors (Lipinski definition) is 0. The lowest BCUT2D eigenvalue weighted by Crippen LogP contribution is -1.98. The summed E-state index contributed by atoms with van der Waals surface area (Å²) in [5.41, 5.74) is 4.40. The molecule has 4 aromatic rings. The van der Waals surface area contributed by atoms with Crippen molar-refractivity contribution in [2.75, 3.05) is 0 Å². The van der Waals surface area contributed by atoms with Crippen molar-refractivity contribution in [3.8, 4) is 0 Å². The van der Waals surface area contributed by atoms with Crippen LogP contribution in [0, 0.1) is 5.82 Å². The second kappa shape index (κ2) is 10.8. The molecule has 0 saturated carbocycles. The van der Waals surface area contributed by atoms with E-state index in [1.54, 1.807) is 48.5 Å². The molecule has 0 aromatic heterocycles. The van der Waals surface area contributed by atoms with Crippen LogP contribution in [0.1, 0.15) is 46.2 Å². The van der Waals surface area contributed by atoms with Crippen LogP contribution in [-0.4, -0.2) is 0 Å². The smallest absolute Gasteiger partial charge is 0.166 e. The Morgan fingerprint density at radius 1 is 0.647 bits per heavy atom. The van der Waals surface area contributed by atoms with E-state index in [1.807, 2.05) is 42.5 Å². The molecule has 34 heavy (non-hydrogen) atoms. The summed E-state index contributed by atoms with van der Waals surface area (Å²) in [5.74, 6) is -1.72. The van der Waals surface area contributed by atoms with Gasteiger partial charge in [0.15, 0.2) is 11.7 Å². The normalized spacial score (nSPS) is 13.1. The first kappa shape index (κ1) is 23.3. The minimum atomic E-state index is -0.889. The van der Waals surface area contributed by atoms with Gasteiger partial charge in [-0.05, 0) is 46.7 Å². The Morgan fingerprint density at radius 3 is 1.65 bits per heavy atom. The monoisotopic (exact) mass is 454 g/mol. The Bertz CT molecular complexity index is 1270. The minimum Gasteiger partial charge on any atom is -0.207 e. The lowest BCUT2D eigenvalue weighted by atomic mass is 9.93. The Morgan fingerprint density at radius 2 is 1.12 bits per heavy atom. The van der Waals surface area contributed by atoms with E-state index in [0.29, 0.717) is 5.92 Å². The van der Waals surface area contributed by atoms with Crippen LogP contribution in [0.25, 0.3) is 23.8 Å². The maximum Gasteiger partial charge on any atom is 0.166 e. The van der Waals surface area contributed by atoms with Crippen LogP contribution in [0.4, 0.5) is 13.2 Å². The molecule has 4 aromatic carbocycles. The van der Waals surface area contributed by atoms with Crippen LogP contribution < -0.4 is 0 Å². The molecule has 0 amide bonds. The Balaban J connectivity index is 1.44. The molecular weight excluding hydrogens is 429 g/mol. The van der Waals surface area contributed by atoms with Gasteiger partial charge in [-0.15, -0.1) is 0 Å². The van der Waals surface area contributed by atoms with Gasteiger partial charge in [-0.25, -0.2) is 13.2 Å². The molecule has 0 aliphatic rings. The van der Waals surface area contributed by atoms with Crippen molar-refractivity contribution in [2.24, 2.45) is 0 Å². The second-order valence-corrected chi connectivity index (χ2v) is 8.35. The van der Waals surface area contributed by atoms with Crippen LogP contribution in [0.5, 0.6) is 0 Å². The standard InChI is InChI=1S/C31H25F3/c1-22(26-5-3-2-4-6-26)21-25-11-17-28(18-12-25)31(34)30(33)27-15-9-23(10-16-27)7-8-24-13-19-29(32)20-14-24/h2-20,22H,21H2,1H3/b8-7?,31-30+/t22-/m1/s1. The van der Waals surface area contributed by atoms with Crippen molar-refractivity contribution < 1.29 is 13.2 Å². The number of halogens is 3. The highest BCUT2D eigenvalue weighted by Crippen LogP contribution is 2.30. The highest BCUT2D eigenvalue weighted by atomic mass is 19.2. The zero-order chi connectivity index (χ0) is 23.9. The van der Waals surface area contributed by atoms with Crippen LogP contribution in [-0.2, 0) is 6.42 Å². The topological polar surface area (TPSA) is 0 Å². The minimum absolute atomic E-state index is 0.179. The quantitative estimate of drug-likeness (QED) is 0.244. The zero-order valence-electron chi connectivity index (χ0n) is 18.9. The number of benzene rings is 4. The predicted octanol–water partition coefficient (Wildman–Crippen LogP) is 9.11. The van der Waals surface area contributed by atoms with E-state index in [9.17, 15) is 13.2 Å². The van der Waals surface area contributed by atoms with Crippen LogP contribution >= 0.6 is 0 Å². The number of hydrogen-bond acceptors (Lipinski definition) is 0. The van der Waals surface area contributed by atoms with Gasteiger partial charge in [0.25, 0.3) is 0 Å². The Hall–Kier alpha value is -3.85. The first-order valence-corrected chi connectivity index (χ1v) is 11.2. The summed E-state index contributed by atoms with van der Waals surface area (Å²) in [7, 11) is 0. The largest absolute Gasteiger partial charge is 0.207 e. The van der Waals surface area contributed by atoms with Crippen molar-refractivity contribution in [1.82, 2.24) is 0 Å². The third-order valence-corrected chi connectivity index (χ3v) is 5.81. The predicted molar refractivity (Wildman–Crippen MR) is 136 cm³/mol. The highest BCUT2D eigenvalue weighted by molar-refractivity contribution is 5.83. The molecule has 4 rings (SSSR count). The van der Waals surface area contributed by atoms with Gasteiger partial charge in [-0.2, -0.15) is 0 Å². The molecule has 3 heteroatoms. The van der Waals surface area contributed by atoms with Crippen LogP contribution in [0.2, 0.25) is 0 Å². The van der Waals surface area contributed by atoms with Gasteiger partial charge < -0.3 is 0 Å². The van der Waals surface area contributed by atoms with Crippen LogP contribution in [0.15, 0.2) is 103 Å². The van der Waals surface area contributed by atoms with E-state index >= 15 is 0 Å². The van der Waals surface area contributed by atoms with Gasteiger partial charge in [-0.3, -0.25) is 0 Å². The van der Waals surface area contributed by atoms with Gasteiger partial charge >= 0.3 is 0 Å². The summed E-state index contributed by atoms with van der Waals surface area (Å²) in [6.45, 7) is 2.15. The summed E-state index contributed by atoms with van der Waals surface area (Å²) in [6.07, 6.45) is 4.50. The van der Waals surface area contributed by atoms with Crippen molar-refractivity contribution in [2.45, 2.75) is 19.3 Å². The zero-order valence-corrected chi connectivity index (χ0v) is 18.9. The lowest BCUT2D eigenvalue weighted by molar-refractivity contribution is 0.628. The average Bonchev–Trinajstić information content (AvgIpc) is 2.89. The summed E-state index contributed by atoms with van der Waals surface area (Å²) < 4.78 is 42.7. The van der Waals surface area contributed by atoms with E-state index in [-0.39, 0.29) is 16.9 Å². The fourth-order valence-electron chi connectivity index (χ4n) is 3.80. The molecule has 0 radical (unpaired) electrons. The second-order valence-electron chi connectivity index (χ2n) is 8.35. The van der Waals surface area contributed by atoms with Gasteiger partial charge in [0.2, 0.25) is 0 Å². The highest BCUT2D eigenvalue weighted by Gasteiger charge is 2.12. The molecule has 0 saturated heterocycles. The fraction of sp³-hybridized carbons (Fsp3) is 0.0968. The van der Waals surface area contributed by atoms with Crippen LogP contribution in [0.3, 0.4) is 0 Å². The Kier molecular flexibility index (Phi) is 7.44. The van der Waals surface area contributed by atoms with Gasteiger partial charge in [0.1, 0.15) is 5.82 Å². The van der Waals surface area contributed by atoms with E-state index in [2.05, 4.69) is 19.1 Å². The summed E-state index contributed by atoms with van der Waals surface area (Å²) in [6, 6.07) is 29.9. The molecule has 0 aliphatic heterocycles. The Labute approximate surface area is 198 Å². The summed E-state index contributed by atoms with van der Waals surface area (Å²) in [5, 5.41) is 0. The van der Waals surface area contributed by atoms with Gasteiger partial charge in [0.05, 0.1) is 0 Å². The molecule has 0 N–H and O–H groups in total. The third kappa shape index (κ3) is 5.93. The molecule has 0 spiro atoms. The molecule has 170 valence electrons. The molecule has 0 aliphatic carbocycles. The maximum absolute atomic E-state index is 14.8.